The molecule has 2 nitrogen and oxygen atoms in total. The van der Waals surface area contributed by atoms with Crippen LogP contribution in [0.3, 0.4) is 0 Å². The summed E-state index contributed by atoms with van der Waals surface area (Å²) in [4.78, 5) is 3.68. The maximum Gasteiger partial charge on any atom is 0.170 e. The Kier molecular flexibility index (Phi) is 13.2. The van der Waals surface area contributed by atoms with E-state index in [-0.39, 0.29) is 11.1 Å². The van der Waals surface area contributed by atoms with Crippen LogP contribution in [0.15, 0.2) is 31.8 Å². The first-order valence-corrected chi connectivity index (χ1v) is 21.0. The summed E-state index contributed by atoms with van der Waals surface area (Å²) in [7, 11) is 0. The van der Waals surface area contributed by atoms with Crippen LogP contribution in [0.1, 0.15) is 99.9 Å². The van der Waals surface area contributed by atoms with Crippen LogP contribution < -0.4 is 0 Å². The molecule has 0 fully saturated rings. The smallest absolute Gasteiger partial charge is 0.170 e. The van der Waals surface area contributed by atoms with Crippen LogP contribution in [0.2, 0.25) is 0 Å². The standard InChI is InChI=1S/C36H40Br2F2N2S4/c1-5-9-11-21(7-3)17-24-19-28(44-26(24)15-13-23-20-29(37)45-36(23)38)31-33(40)32(39)30(34-35(31)42-46-41-34)27-16-14-25(43-27)18-22(8-4)12-10-6-2/h13-16,19-22H,5-12,17-18H2,1-4H3/b15-13+. The molecule has 0 amide bonds. The molecule has 0 radical (unpaired) electrons. The Balaban J connectivity index is 1.55. The minimum absolute atomic E-state index is 0.222. The molecule has 1 aromatic carbocycles. The highest BCUT2D eigenvalue weighted by molar-refractivity contribution is 9.12. The lowest BCUT2D eigenvalue weighted by molar-refractivity contribution is 0.449. The second-order valence-electron chi connectivity index (χ2n) is 12.0. The highest BCUT2D eigenvalue weighted by atomic mass is 79.9. The first-order chi connectivity index (χ1) is 22.3. The molecule has 46 heavy (non-hydrogen) atoms. The quantitative estimate of drug-likeness (QED) is 0.0990. The summed E-state index contributed by atoms with van der Waals surface area (Å²) in [5.41, 5.74) is 3.58. The normalized spacial score (nSPS) is 13.4. The Bertz CT molecular complexity index is 1780. The van der Waals surface area contributed by atoms with Gasteiger partial charge < -0.3 is 0 Å². The zero-order valence-corrected chi connectivity index (χ0v) is 33.2. The number of aromatic nitrogens is 2. The van der Waals surface area contributed by atoms with Gasteiger partial charge in [-0.3, -0.25) is 0 Å². The number of benzene rings is 1. The van der Waals surface area contributed by atoms with Gasteiger partial charge in [-0.1, -0.05) is 85.1 Å². The number of hydrogen-bond donors (Lipinski definition) is 0. The van der Waals surface area contributed by atoms with Gasteiger partial charge in [0.1, 0.15) is 11.0 Å². The van der Waals surface area contributed by atoms with Crippen molar-refractivity contribution in [2.24, 2.45) is 11.8 Å². The van der Waals surface area contributed by atoms with Gasteiger partial charge in [0.25, 0.3) is 0 Å². The van der Waals surface area contributed by atoms with Gasteiger partial charge in [0, 0.05) is 25.1 Å². The molecule has 0 saturated heterocycles. The Morgan fingerprint density at radius 1 is 0.761 bits per heavy atom. The van der Waals surface area contributed by atoms with Crippen molar-refractivity contribution in [3.63, 3.8) is 0 Å². The fraction of sp³-hybridized carbons (Fsp3) is 0.444. The summed E-state index contributed by atoms with van der Waals surface area (Å²) in [6.45, 7) is 8.92. The lowest BCUT2D eigenvalue weighted by Crippen LogP contribution is -2.03. The van der Waals surface area contributed by atoms with Crippen LogP contribution in [-0.2, 0) is 12.8 Å². The van der Waals surface area contributed by atoms with Crippen LogP contribution in [0.4, 0.5) is 8.78 Å². The van der Waals surface area contributed by atoms with E-state index in [4.69, 9.17) is 0 Å². The molecule has 0 saturated carbocycles. The number of unbranched alkanes of at least 4 members (excludes halogenated alkanes) is 2. The lowest BCUT2D eigenvalue weighted by atomic mass is 9.91. The summed E-state index contributed by atoms with van der Waals surface area (Å²) < 4.78 is 43.8. The van der Waals surface area contributed by atoms with Crippen molar-refractivity contribution < 1.29 is 8.78 Å². The number of rotatable bonds is 16. The third kappa shape index (κ3) is 8.28. The van der Waals surface area contributed by atoms with Gasteiger partial charge in [-0.25, -0.2) is 8.78 Å². The van der Waals surface area contributed by atoms with Crippen LogP contribution in [0, 0.1) is 23.5 Å². The molecule has 0 spiro atoms. The molecule has 2 unspecified atom stereocenters. The van der Waals surface area contributed by atoms with Crippen LogP contribution in [-0.4, -0.2) is 8.75 Å². The third-order valence-corrected chi connectivity index (χ3v) is 14.0. The Morgan fingerprint density at radius 3 is 1.98 bits per heavy atom. The van der Waals surface area contributed by atoms with Gasteiger partial charge in [-0.15, -0.1) is 34.0 Å². The molecule has 2 atom stereocenters. The minimum atomic E-state index is -0.842. The van der Waals surface area contributed by atoms with E-state index >= 15 is 8.78 Å². The van der Waals surface area contributed by atoms with E-state index in [0.29, 0.717) is 32.6 Å². The third-order valence-electron chi connectivity index (χ3n) is 8.77. The van der Waals surface area contributed by atoms with Crippen molar-refractivity contribution >= 4 is 101 Å². The van der Waals surface area contributed by atoms with Crippen LogP contribution in [0.5, 0.6) is 0 Å². The zero-order valence-electron chi connectivity index (χ0n) is 26.7. The Morgan fingerprint density at radius 2 is 1.39 bits per heavy atom. The SMILES string of the molecule is CCCCC(CC)Cc1ccc(-c2c(F)c(F)c(-c3cc(CC(CC)CCCC)c(/C=C/c4cc(Br)sc4Br)s3)c3nsnc23)s1. The van der Waals surface area contributed by atoms with Gasteiger partial charge in [0.15, 0.2) is 11.6 Å². The summed E-state index contributed by atoms with van der Waals surface area (Å²) in [5, 5.41) is 0. The first kappa shape index (κ1) is 36.0. The van der Waals surface area contributed by atoms with Gasteiger partial charge in [-0.05, 0) is 92.4 Å². The van der Waals surface area contributed by atoms with E-state index in [1.807, 2.05) is 6.07 Å². The summed E-state index contributed by atoms with van der Waals surface area (Å²) in [6, 6.07) is 8.15. The maximum atomic E-state index is 16.3. The molecule has 4 aromatic heterocycles. The monoisotopic (exact) mass is 824 g/mol. The van der Waals surface area contributed by atoms with Gasteiger partial charge in [0.2, 0.25) is 0 Å². The fourth-order valence-corrected chi connectivity index (χ4v) is 11.6. The molecule has 0 aliphatic rings. The summed E-state index contributed by atoms with van der Waals surface area (Å²) in [6.07, 6.45) is 15.4. The molecule has 0 aliphatic heterocycles. The molecule has 4 heterocycles. The summed E-state index contributed by atoms with van der Waals surface area (Å²) in [5.74, 6) is -0.548. The predicted octanol–water partition coefficient (Wildman–Crippen LogP) is 14.7. The average Bonchev–Trinajstić information content (AvgIpc) is 3.85. The maximum absolute atomic E-state index is 16.3. The fourth-order valence-electron chi connectivity index (χ4n) is 6.00. The molecular formula is C36H40Br2F2N2S4. The van der Waals surface area contributed by atoms with Crippen LogP contribution in [0.25, 0.3) is 44.1 Å². The van der Waals surface area contributed by atoms with E-state index in [1.54, 1.807) is 22.7 Å². The Labute approximate surface area is 305 Å². The Hall–Kier alpha value is -1.30. The van der Waals surface area contributed by atoms with Gasteiger partial charge in [0.05, 0.1) is 30.4 Å². The van der Waals surface area contributed by atoms with Crippen molar-refractivity contribution in [1.82, 2.24) is 8.75 Å². The largest absolute Gasteiger partial charge is 0.203 e. The zero-order chi connectivity index (χ0) is 32.8. The van der Waals surface area contributed by atoms with E-state index < -0.39 is 11.6 Å². The molecule has 0 N–H and O–H groups in total. The predicted molar refractivity (Wildman–Crippen MR) is 207 cm³/mol. The van der Waals surface area contributed by atoms with E-state index in [0.717, 1.165) is 68.3 Å². The average molecular weight is 827 g/mol. The molecule has 0 bridgehead atoms. The number of thiophene rings is 3. The lowest BCUT2D eigenvalue weighted by Gasteiger charge is -2.14. The van der Waals surface area contributed by atoms with Crippen molar-refractivity contribution in [1.29, 1.82) is 0 Å². The van der Waals surface area contributed by atoms with Crippen molar-refractivity contribution in [2.45, 2.75) is 91.9 Å². The van der Waals surface area contributed by atoms with Crippen molar-refractivity contribution in [2.75, 3.05) is 0 Å². The van der Waals surface area contributed by atoms with Crippen LogP contribution >= 0.6 is 77.6 Å². The van der Waals surface area contributed by atoms with E-state index in [1.165, 1.54) is 47.5 Å². The second kappa shape index (κ2) is 16.9. The number of hydrogen-bond acceptors (Lipinski definition) is 6. The molecule has 5 aromatic rings. The number of nitrogens with zero attached hydrogens (tertiary/aromatic N) is 2. The minimum Gasteiger partial charge on any atom is -0.203 e. The molecule has 246 valence electrons. The molecule has 5 rings (SSSR count). The van der Waals surface area contributed by atoms with Crippen molar-refractivity contribution in [3.05, 3.63) is 64.4 Å². The van der Waals surface area contributed by atoms with E-state index in [2.05, 4.69) is 98.7 Å². The van der Waals surface area contributed by atoms with Gasteiger partial charge >= 0.3 is 0 Å². The number of halogens is 4. The first-order valence-electron chi connectivity index (χ1n) is 16.3. The molecule has 0 aliphatic carbocycles. The highest BCUT2D eigenvalue weighted by Gasteiger charge is 2.28. The molecular weight excluding hydrogens is 786 g/mol. The topological polar surface area (TPSA) is 25.8 Å². The number of fused-ring (bicyclic) bond motifs is 1. The second-order valence-corrected chi connectivity index (χ2v) is 18.5. The highest BCUT2D eigenvalue weighted by Crippen LogP contribution is 2.45. The molecule has 10 heteroatoms. The van der Waals surface area contributed by atoms with Gasteiger partial charge in [-0.2, -0.15) is 8.75 Å². The summed E-state index contributed by atoms with van der Waals surface area (Å²) >= 11 is 12.9. The van der Waals surface area contributed by atoms with E-state index in [9.17, 15) is 0 Å². The van der Waals surface area contributed by atoms with Crippen molar-refractivity contribution in [3.8, 4) is 20.9 Å².